The van der Waals surface area contributed by atoms with Crippen LogP contribution < -0.4 is 0 Å². The molecule has 0 atom stereocenters. The number of hydrogen-bond donors (Lipinski definition) is 0. The summed E-state index contributed by atoms with van der Waals surface area (Å²) in [5, 5.41) is 1.03. The highest BCUT2D eigenvalue weighted by Crippen LogP contribution is 2.40. The molecule has 0 saturated carbocycles. The van der Waals surface area contributed by atoms with Gasteiger partial charge < -0.3 is 0 Å². The first-order chi connectivity index (χ1) is 7.42. The summed E-state index contributed by atoms with van der Waals surface area (Å²) in [4.78, 5) is 0.0526. The number of aryl methyl sites for hydroxylation is 1. The second kappa shape index (κ2) is 6.17. The predicted molar refractivity (Wildman–Crippen MR) is 65.5 cm³/mol. The topological polar surface area (TPSA) is 0 Å². The monoisotopic (exact) mass is 332 g/mol. The lowest BCUT2D eigenvalue weighted by atomic mass is 10.1. The zero-order valence-electron chi connectivity index (χ0n) is 8.15. The Hall–Kier alpha value is 0.130. The number of hydrogen-bond acceptors (Lipinski definition) is 1. The molecule has 0 aliphatic carbocycles. The van der Waals surface area contributed by atoms with Gasteiger partial charge in [-0.05, 0) is 42.3 Å². The smallest absolute Gasteiger partial charge is 0.160 e. The van der Waals surface area contributed by atoms with E-state index in [4.69, 9.17) is 11.6 Å². The van der Waals surface area contributed by atoms with Crippen LogP contribution in [0.15, 0.2) is 23.1 Å². The zero-order chi connectivity index (χ0) is 12.2. The fraction of sp³-hybridized carbons (Fsp3) is 0.400. The maximum Gasteiger partial charge on any atom is 0.446 e. The van der Waals surface area contributed by atoms with Gasteiger partial charge in [0.15, 0.2) is 0 Å². The average Bonchev–Trinajstić information content (AvgIpc) is 2.17. The van der Waals surface area contributed by atoms with E-state index in [1.165, 1.54) is 6.07 Å². The molecule has 0 spiro atoms. The van der Waals surface area contributed by atoms with Gasteiger partial charge in [0.2, 0.25) is 0 Å². The second-order valence-corrected chi connectivity index (χ2v) is 5.41. The number of halogens is 5. The average molecular weight is 334 g/mol. The van der Waals surface area contributed by atoms with Crippen LogP contribution in [-0.4, -0.2) is 10.8 Å². The molecule has 0 aliphatic heterocycles. The van der Waals surface area contributed by atoms with Crippen molar-refractivity contribution in [2.75, 3.05) is 5.33 Å². The van der Waals surface area contributed by atoms with Crippen LogP contribution in [0.3, 0.4) is 0 Å². The van der Waals surface area contributed by atoms with Crippen LogP contribution >= 0.6 is 39.3 Å². The SMILES string of the molecule is FC(F)(F)Sc1ccc(CCCBr)cc1Cl. The molecular weight excluding hydrogens is 325 g/mol. The molecule has 0 saturated heterocycles. The quantitative estimate of drug-likeness (QED) is 0.533. The van der Waals surface area contributed by atoms with Crippen molar-refractivity contribution in [2.24, 2.45) is 0 Å². The summed E-state index contributed by atoms with van der Waals surface area (Å²) >= 11 is 8.89. The number of benzene rings is 1. The van der Waals surface area contributed by atoms with Crippen LogP contribution in [0.1, 0.15) is 12.0 Å². The van der Waals surface area contributed by atoms with Crippen molar-refractivity contribution in [1.29, 1.82) is 0 Å². The van der Waals surface area contributed by atoms with Crippen molar-refractivity contribution in [1.82, 2.24) is 0 Å². The highest BCUT2D eigenvalue weighted by atomic mass is 79.9. The third-order valence-corrected chi connectivity index (χ3v) is 3.61. The maximum atomic E-state index is 12.1. The van der Waals surface area contributed by atoms with Gasteiger partial charge in [-0.1, -0.05) is 33.6 Å². The van der Waals surface area contributed by atoms with Crippen LogP contribution in [-0.2, 0) is 6.42 Å². The molecule has 0 aromatic heterocycles. The first-order valence-corrected chi connectivity index (χ1v) is 6.84. The van der Waals surface area contributed by atoms with E-state index in [2.05, 4.69) is 15.9 Å². The molecule has 0 bridgehead atoms. The van der Waals surface area contributed by atoms with Gasteiger partial charge in [0.25, 0.3) is 0 Å². The predicted octanol–water partition coefficient (Wildman–Crippen LogP) is 5.28. The molecular formula is C10H9BrClF3S. The molecule has 0 radical (unpaired) electrons. The van der Waals surface area contributed by atoms with Crippen LogP contribution in [0.5, 0.6) is 0 Å². The summed E-state index contributed by atoms with van der Waals surface area (Å²) in [5.41, 5.74) is -3.34. The van der Waals surface area contributed by atoms with Gasteiger partial charge in [-0.3, -0.25) is 0 Å². The minimum atomic E-state index is -4.29. The lowest BCUT2D eigenvalue weighted by Crippen LogP contribution is -1.99. The second-order valence-electron chi connectivity index (χ2n) is 3.11. The van der Waals surface area contributed by atoms with E-state index in [9.17, 15) is 13.2 Å². The Bertz CT molecular complexity index is 354. The molecule has 16 heavy (non-hydrogen) atoms. The normalized spacial score (nSPS) is 11.8. The fourth-order valence-corrected chi connectivity index (χ4v) is 2.32. The Morgan fingerprint density at radius 2 is 2.00 bits per heavy atom. The number of alkyl halides is 4. The zero-order valence-corrected chi connectivity index (χ0v) is 11.3. The molecule has 6 heteroatoms. The van der Waals surface area contributed by atoms with Gasteiger partial charge in [0.05, 0.1) is 5.02 Å². The number of thioether (sulfide) groups is 1. The van der Waals surface area contributed by atoms with E-state index >= 15 is 0 Å². The Labute approximate surface area is 110 Å². The fourth-order valence-electron chi connectivity index (χ4n) is 1.18. The van der Waals surface area contributed by atoms with Crippen LogP contribution in [0, 0.1) is 0 Å². The third kappa shape index (κ3) is 4.97. The summed E-state index contributed by atoms with van der Waals surface area (Å²) in [7, 11) is 0. The van der Waals surface area contributed by atoms with E-state index in [-0.39, 0.29) is 21.7 Å². The van der Waals surface area contributed by atoms with Crippen molar-refractivity contribution in [3.63, 3.8) is 0 Å². The molecule has 90 valence electrons. The Balaban J connectivity index is 2.75. The molecule has 0 fully saturated rings. The summed E-state index contributed by atoms with van der Waals surface area (Å²) in [6.07, 6.45) is 1.74. The highest BCUT2D eigenvalue weighted by Gasteiger charge is 2.30. The van der Waals surface area contributed by atoms with Gasteiger partial charge in [0.1, 0.15) is 0 Å². The van der Waals surface area contributed by atoms with Crippen LogP contribution in [0.4, 0.5) is 13.2 Å². The minimum Gasteiger partial charge on any atom is -0.160 e. The van der Waals surface area contributed by atoms with Crippen LogP contribution in [0.2, 0.25) is 5.02 Å². The first-order valence-electron chi connectivity index (χ1n) is 4.52. The maximum absolute atomic E-state index is 12.1. The van der Waals surface area contributed by atoms with Gasteiger partial charge in [-0.25, -0.2) is 0 Å². The van der Waals surface area contributed by atoms with E-state index in [0.717, 1.165) is 23.7 Å². The van der Waals surface area contributed by atoms with Gasteiger partial charge in [-0.2, -0.15) is 13.2 Å². The molecule has 0 amide bonds. The largest absolute Gasteiger partial charge is 0.446 e. The highest BCUT2D eigenvalue weighted by molar-refractivity contribution is 9.09. The molecule has 0 N–H and O–H groups in total. The van der Waals surface area contributed by atoms with Crippen molar-refractivity contribution >= 4 is 39.3 Å². The first kappa shape index (κ1) is 14.2. The van der Waals surface area contributed by atoms with Crippen molar-refractivity contribution in [3.8, 4) is 0 Å². The molecule has 1 aromatic carbocycles. The Morgan fingerprint density at radius 3 is 2.50 bits per heavy atom. The van der Waals surface area contributed by atoms with Crippen LogP contribution in [0.25, 0.3) is 0 Å². The van der Waals surface area contributed by atoms with Gasteiger partial charge >= 0.3 is 5.51 Å². The molecule has 0 unspecified atom stereocenters. The molecule has 0 nitrogen and oxygen atoms in total. The van der Waals surface area contributed by atoms with E-state index < -0.39 is 5.51 Å². The Morgan fingerprint density at radius 1 is 1.31 bits per heavy atom. The molecule has 1 rings (SSSR count). The third-order valence-electron chi connectivity index (χ3n) is 1.82. The number of rotatable bonds is 4. The van der Waals surface area contributed by atoms with Crippen molar-refractivity contribution in [3.05, 3.63) is 28.8 Å². The van der Waals surface area contributed by atoms with Crippen molar-refractivity contribution in [2.45, 2.75) is 23.2 Å². The molecule has 0 aliphatic rings. The van der Waals surface area contributed by atoms with Gasteiger partial charge in [0, 0.05) is 10.2 Å². The Kier molecular flexibility index (Phi) is 5.47. The lowest BCUT2D eigenvalue weighted by molar-refractivity contribution is -0.0328. The molecule has 0 heterocycles. The summed E-state index contributed by atoms with van der Waals surface area (Å²) in [6.45, 7) is 0. The van der Waals surface area contributed by atoms with E-state index in [1.807, 2.05) is 0 Å². The van der Waals surface area contributed by atoms with Gasteiger partial charge in [-0.15, -0.1) is 0 Å². The van der Waals surface area contributed by atoms with Crippen molar-refractivity contribution < 1.29 is 13.2 Å². The lowest BCUT2D eigenvalue weighted by Gasteiger charge is -2.08. The van der Waals surface area contributed by atoms with E-state index in [0.29, 0.717) is 0 Å². The standard InChI is InChI=1S/C10H9BrClF3S/c11-5-1-2-7-3-4-9(8(12)6-7)16-10(13,14)15/h3-4,6H,1-2,5H2. The molecule has 1 aromatic rings. The minimum absolute atomic E-state index is 0.0526. The summed E-state index contributed by atoms with van der Waals surface area (Å²) in [6, 6.07) is 4.70. The summed E-state index contributed by atoms with van der Waals surface area (Å²) in [5.74, 6) is 0. The summed E-state index contributed by atoms with van der Waals surface area (Å²) < 4.78 is 36.4. The van der Waals surface area contributed by atoms with E-state index in [1.54, 1.807) is 12.1 Å².